The molecule has 16 heavy (non-hydrogen) atoms. The number of nitrogens with one attached hydrogen (secondary N) is 2. The highest BCUT2D eigenvalue weighted by molar-refractivity contribution is 6.07. The van der Waals surface area contributed by atoms with Crippen molar-refractivity contribution < 1.29 is 0 Å². The molecule has 0 spiro atoms. The zero-order valence-electron chi connectivity index (χ0n) is 8.36. The van der Waals surface area contributed by atoms with E-state index in [9.17, 15) is 0 Å². The van der Waals surface area contributed by atoms with Gasteiger partial charge in [0.2, 0.25) is 0 Å². The Morgan fingerprint density at radius 2 is 2.12 bits per heavy atom. The molecule has 4 aromatic rings. The summed E-state index contributed by atoms with van der Waals surface area (Å²) in [6, 6.07) is 6.11. The van der Waals surface area contributed by atoms with Crippen LogP contribution >= 0.6 is 0 Å². The van der Waals surface area contributed by atoms with Crippen LogP contribution in [0.4, 0.5) is 0 Å². The first-order chi connectivity index (χ1) is 7.92. The van der Waals surface area contributed by atoms with E-state index in [2.05, 4.69) is 26.0 Å². The van der Waals surface area contributed by atoms with E-state index in [0.29, 0.717) is 0 Å². The van der Waals surface area contributed by atoms with Gasteiger partial charge in [0.1, 0.15) is 5.65 Å². The van der Waals surface area contributed by atoms with Crippen LogP contribution in [0.15, 0.2) is 36.8 Å². The maximum Gasteiger partial charge on any atom is 0.138 e. The highest BCUT2D eigenvalue weighted by atomic mass is 14.9. The van der Waals surface area contributed by atoms with E-state index in [0.717, 1.165) is 33.0 Å². The molecule has 0 saturated carbocycles. The molecule has 0 atom stereocenters. The van der Waals surface area contributed by atoms with Crippen molar-refractivity contribution in [3.05, 3.63) is 36.8 Å². The van der Waals surface area contributed by atoms with Crippen molar-refractivity contribution in [3.63, 3.8) is 0 Å². The molecule has 0 fully saturated rings. The van der Waals surface area contributed by atoms with Gasteiger partial charge in [-0.15, -0.1) is 0 Å². The van der Waals surface area contributed by atoms with Crippen molar-refractivity contribution in [1.82, 2.24) is 19.9 Å². The predicted octanol–water partition coefficient (Wildman–Crippen LogP) is 2.59. The van der Waals surface area contributed by atoms with Gasteiger partial charge in [-0.25, -0.2) is 4.98 Å². The summed E-state index contributed by atoms with van der Waals surface area (Å²) in [7, 11) is 0. The number of aromatic amines is 2. The molecule has 4 heteroatoms. The van der Waals surface area contributed by atoms with Crippen LogP contribution < -0.4 is 0 Å². The second-order valence-electron chi connectivity index (χ2n) is 3.85. The molecule has 0 bridgehead atoms. The summed E-state index contributed by atoms with van der Waals surface area (Å²) in [4.78, 5) is 15.2. The van der Waals surface area contributed by atoms with Gasteiger partial charge in [-0.05, 0) is 18.2 Å². The standard InChI is InChI=1S/C12H8N4/c1-4-14-12-7(1)5-9-11(16-12)8-2-3-13-6-10(8)15-9/h1-6,15H,(H,14,16). The van der Waals surface area contributed by atoms with Crippen LogP contribution in [0.5, 0.6) is 0 Å². The van der Waals surface area contributed by atoms with Crippen LogP contribution in [-0.4, -0.2) is 19.9 Å². The minimum atomic E-state index is 0.921. The first kappa shape index (κ1) is 7.87. The smallest absolute Gasteiger partial charge is 0.138 e. The number of H-pyrrole nitrogens is 2. The van der Waals surface area contributed by atoms with Crippen LogP contribution in [0.3, 0.4) is 0 Å². The van der Waals surface area contributed by atoms with E-state index in [-0.39, 0.29) is 0 Å². The molecular formula is C12H8N4. The van der Waals surface area contributed by atoms with Gasteiger partial charge in [-0.1, -0.05) is 0 Å². The van der Waals surface area contributed by atoms with Gasteiger partial charge in [-0.3, -0.25) is 4.98 Å². The van der Waals surface area contributed by atoms with E-state index in [1.54, 1.807) is 6.20 Å². The van der Waals surface area contributed by atoms with Gasteiger partial charge in [0.15, 0.2) is 0 Å². The maximum atomic E-state index is 4.61. The molecular weight excluding hydrogens is 200 g/mol. The number of hydrogen-bond acceptors (Lipinski definition) is 2. The SMILES string of the molecule is c1cc2c(cn1)[nH]c1cc3cc[nH]c3nc12. The second kappa shape index (κ2) is 2.61. The van der Waals surface area contributed by atoms with Crippen LogP contribution in [0.2, 0.25) is 0 Å². The third kappa shape index (κ3) is 0.883. The minimum Gasteiger partial charge on any atom is -0.352 e. The lowest BCUT2D eigenvalue weighted by molar-refractivity contribution is 1.35. The highest BCUT2D eigenvalue weighted by Gasteiger charge is 2.07. The van der Waals surface area contributed by atoms with Crippen molar-refractivity contribution >= 4 is 33.0 Å². The quantitative estimate of drug-likeness (QED) is 0.466. The fourth-order valence-electron chi connectivity index (χ4n) is 2.13. The Balaban J connectivity index is 2.32. The molecule has 4 rings (SSSR count). The topological polar surface area (TPSA) is 57.4 Å². The van der Waals surface area contributed by atoms with E-state index in [1.807, 2.05) is 24.5 Å². The lowest BCUT2D eigenvalue weighted by Crippen LogP contribution is -1.77. The monoisotopic (exact) mass is 208 g/mol. The van der Waals surface area contributed by atoms with Gasteiger partial charge < -0.3 is 9.97 Å². The van der Waals surface area contributed by atoms with E-state index >= 15 is 0 Å². The largest absolute Gasteiger partial charge is 0.352 e. The molecule has 0 aliphatic rings. The summed E-state index contributed by atoms with van der Waals surface area (Å²) in [5.74, 6) is 0. The molecule has 0 amide bonds. The molecule has 0 unspecified atom stereocenters. The highest BCUT2D eigenvalue weighted by Crippen LogP contribution is 2.25. The summed E-state index contributed by atoms with van der Waals surface area (Å²) in [6.45, 7) is 0. The number of pyridine rings is 2. The lowest BCUT2D eigenvalue weighted by Gasteiger charge is -1.91. The van der Waals surface area contributed by atoms with E-state index < -0.39 is 0 Å². The molecule has 4 aromatic heterocycles. The van der Waals surface area contributed by atoms with E-state index in [4.69, 9.17) is 0 Å². The van der Waals surface area contributed by atoms with Crippen LogP contribution in [-0.2, 0) is 0 Å². The maximum absolute atomic E-state index is 4.61. The van der Waals surface area contributed by atoms with Crippen molar-refractivity contribution in [3.8, 4) is 0 Å². The second-order valence-corrected chi connectivity index (χ2v) is 3.85. The Morgan fingerprint density at radius 3 is 3.12 bits per heavy atom. The third-order valence-electron chi connectivity index (χ3n) is 2.88. The van der Waals surface area contributed by atoms with Crippen molar-refractivity contribution in [2.75, 3.05) is 0 Å². The van der Waals surface area contributed by atoms with Gasteiger partial charge in [0.05, 0.1) is 22.7 Å². The number of rotatable bonds is 0. The van der Waals surface area contributed by atoms with Gasteiger partial charge in [0.25, 0.3) is 0 Å². The summed E-state index contributed by atoms with van der Waals surface area (Å²) in [5, 5.41) is 2.23. The fraction of sp³-hybridized carbons (Fsp3) is 0. The molecule has 4 heterocycles. The average molecular weight is 208 g/mol. The van der Waals surface area contributed by atoms with Crippen LogP contribution in [0.1, 0.15) is 0 Å². The molecule has 4 nitrogen and oxygen atoms in total. The van der Waals surface area contributed by atoms with Crippen molar-refractivity contribution in [2.24, 2.45) is 0 Å². The number of aromatic nitrogens is 4. The van der Waals surface area contributed by atoms with Gasteiger partial charge in [0, 0.05) is 23.2 Å². The predicted molar refractivity (Wildman–Crippen MR) is 63.3 cm³/mol. The molecule has 0 radical (unpaired) electrons. The lowest BCUT2D eigenvalue weighted by atomic mass is 10.2. The van der Waals surface area contributed by atoms with Crippen LogP contribution in [0, 0.1) is 0 Å². The normalized spacial score (nSPS) is 11.8. The molecule has 2 N–H and O–H groups in total. The first-order valence-electron chi connectivity index (χ1n) is 5.11. The third-order valence-corrected chi connectivity index (χ3v) is 2.88. The molecule has 76 valence electrons. The summed E-state index contributed by atoms with van der Waals surface area (Å²) in [6.07, 6.45) is 5.52. The molecule has 0 aromatic carbocycles. The van der Waals surface area contributed by atoms with Gasteiger partial charge >= 0.3 is 0 Å². The Morgan fingerprint density at radius 1 is 1.12 bits per heavy atom. The number of nitrogens with zero attached hydrogens (tertiary/aromatic N) is 2. The fourth-order valence-corrected chi connectivity index (χ4v) is 2.13. The van der Waals surface area contributed by atoms with Crippen molar-refractivity contribution in [1.29, 1.82) is 0 Å². The molecule has 0 saturated heterocycles. The summed E-state index contributed by atoms with van der Waals surface area (Å²) < 4.78 is 0. The van der Waals surface area contributed by atoms with E-state index in [1.165, 1.54) is 0 Å². The number of fused-ring (bicyclic) bond motifs is 4. The first-order valence-corrected chi connectivity index (χ1v) is 5.11. The molecule has 0 aliphatic heterocycles. The molecule has 0 aliphatic carbocycles. The summed E-state index contributed by atoms with van der Waals surface area (Å²) >= 11 is 0. The van der Waals surface area contributed by atoms with Crippen LogP contribution in [0.25, 0.3) is 33.0 Å². The average Bonchev–Trinajstić information content (AvgIpc) is 2.88. The zero-order valence-corrected chi connectivity index (χ0v) is 8.36. The summed E-state index contributed by atoms with van der Waals surface area (Å²) in [5.41, 5.74) is 3.99. The Hall–Kier alpha value is -2.36. The Bertz CT molecular complexity index is 809. The zero-order chi connectivity index (χ0) is 10.5. The van der Waals surface area contributed by atoms with Gasteiger partial charge in [-0.2, -0.15) is 0 Å². The Labute approximate surface area is 90.3 Å². The van der Waals surface area contributed by atoms with Crippen molar-refractivity contribution in [2.45, 2.75) is 0 Å². The number of hydrogen-bond donors (Lipinski definition) is 2. The minimum absolute atomic E-state index is 0.921. The Kier molecular flexibility index (Phi) is 1.28.